The number of hydrogen-bond acceptors (Lipinski definition) is 3. The zero-order chi connectivity index (χ0) is 15.5. The van der Waals surface area contributed by atoms with E-state index in [-0.39, 0.29) is 11.9 Å². The van der Waals surface area contributed by atoms with Crippen molar-refractivity contribution < 1.29 is 9.90 Å². The van der Waals surface area contributed by atoms with Gasteiger partial charge in [-0.25, -0.2) is 4.79 Å². The van der Waals surface area contributed by atoms with Crippen LogP contribution in [-0.4, -0.2) is 45.4 Å². The van der Waals surface area contributed by atoms with Crippen molar-refractivity contribution in [3.63, 3.8) is 0 Å². The average Bonchev–Trinajstić information content (AvgIpc) is 3.05. The quantitative estimate of drug-likeness (QED) is 0.796. The molecule has 2 aromatic rings. The highest BCUT2D eigenvalue weighted by Crippen LogP contribution is 2.21. The number of aromatic amines is 1. The number of hydrogen-bond donors (Lipinski definition) is 3. The van der Waals surface area contributed by atoms with Gasteiger partial charge in [-0.15, -0.1) is 0 Å². The molecular weight excluding hydrogens is 280 g/mol. The van der Waals surface area contributed by atoms with E-state index in [1.54, 1.807) is 11.1 Å². The molecule has 0 aliphatic carbocycles. The summed E-state index contributed by atoms with van der Waals surface area (Å²) in [5, 5.41) is 19.6. The van der Waals surface area contributed by atoms with Crippen LogP contribution in [0.4, 0.5) is 10.5 Å². The Morgan fingerprint density at radius 1 is 1.36 bits per heavy atom. The summed E-state index contributed by atoms with van der Waals surface area (Å²) in [5.74, 6) is 0.248. The molecule has 2 amide bonds. The third-order valence-electron chi connectivity index (χ3n) is 4.15. The smallest absolute Gasteiger partial charge is 0.321 e. The standard InChI is InChI=1S/C16H20N4O2/c1-11-7-9-20(10-15(11)21)16(22)18-13-4-2-12(3-5-13)14-6-8-17-19-14/h2-6,8,11,15,21H,7,9-10H2,1H3,(H,17,19)(H,18,22). The van der Waals surface area contributed by atoms with E-state index in [9.17, 15) is 9.90 Å². The topological polar surface area (TPSA) is 81.2 Å². The summed E-state index contributed by atoms with van der Waals surface area (Å²) < 4.78 is 0. The van der Waals surface area contributed by atoms with E-state index in [2.05, 4.69) is 15.5 Å². The van der Waals surface area contributed by atoms with Crippen LogP contribution in [0.3, 0.4) is 0 Å². The van der Waals surface area contributed by atoms with E-state index in [1.807, 2.05) is 37.3 Å². The molecule has 2 atom stereocenters. The van der Waals surface area contributed by atoms with Gasteiger partial charge < -0.3 is 15.3 Å². The van der Waals surface area contributed by atoms with Gasteiger partial charge in [0.2, 0.25) is 0 Å². The SMILES string of the molecule is CC1CCN(C(=O)Nc2ccc(-c3ccn[nH]3)cc2)CC1O. The number of aromatic nitrogens is 2. The summed E-state index contributed by atoms with van der Waals surface area (Å²) in [6.07, 6.45) is 2.09. The lowest BCUT2D eigenvalue weighted by molar-refractivity contribution is 0.0464. The molecule has 1 aliphatic heterocycles. The van der Waals surface area contributed by atoms with Gasteiger partial charge in [0.25, 0.3) is 0 Å². The van der Waals surface area contributed by atoms with Crippen LogP contribution in [0.25, 0.3) is 11.3 Å². The van der Waals surface area contributed by atoms with Gasteiger partial charge in [0.1, 0.15) is 0 Å². The van der Waals surface area contributed by atoms with Crippen molar-refractivity contribution in [1.29, 1.82) is 0 Å². The zero-order valence-corrected chi connectivity index (χ0v) is 12.5. The minimum absolute atomic E-state index is 0.166. The van der Waals surface area contributed by atoms with Gasteiger partial charge in [-0.3, -0.25) is 5.10 Å². The molecule has 3 rings (SSSR count). The molecule has 1 aromatic heterocycles. The first-order valence-electron chi connectivity index (χ1n) is 7.47. The predicted octanol–water partition coefficient (Wildman–Crippen LogP) is 2.31. The van der Waals surface area contributed by atoms with Crippen LogP contribution in [0.5, 0.6) is 0 Å². The number of H-pyrrole nitrogens is 1. The molecule has 2 unspecified atom stereocenters. The number of aliphatic hydroxyl groups excluding tert-OH is 1. The second-order valence-electron chi connectivity index (χ2n) is 5.76. The van der Waals surface area contributed by atoms with Crippen LogP contribution >= 0.6 is 0 Å². The predicted molar refractivity (Wildman–Crippen MR) is 84.4 cm³/mol. The number of anilines is 1. The van der Waals surface area contributed by atoms with E-state index >= 15 is 0 Å². The van der Waals surface area contributed by atoms with E-state index in [0.29, 0.717) is 13.1 Å². The molecule has 1 fully saturated rings. The normalized spacial score (nSPS) is 21.6. The molecular formula is C16H20N4O2. The third kappa shape index (κ3) is 3.12. The first-order valence-corrected chi connectivity index (χ1v) is 7.47. The highest BCUT2D eigenvalue weighted by molar-refractivity contribution is 5.89. The number of aliphatic hydroxyl groups is 1. The number of amides is 2. The lowest BCUT2D eigenvalue weighted by Crippen LogP contribution is -2.47. The first kappa shape index (κ1) is 14.6. The maximum Gasteiger partial charge on any atom is 0.321 e. The third-order valence-corrected chi connectivity index (χ3v) is 4.15. The van der Waals surface area contributed by atoms with Crippen molar-refractivity contribution in [3.05, 3.63) is 36.5 Å². The Morgan fingerprint density at radius 2 is 2.14 bits per heavy atom. The number of benzene rings is 1. The highest BCUT2D eigenvalue weighted by atomic mass is 16.3. The maximum atomic E-state index is 12.2. The molecule has 3 N–H and O–H groups in total. The summed E-state index contributed by atoms with van der Waals surface area (Å²) in [7, 11) is 0. The lowest BCUT2D eigenvalue weighted by Gasteiger charge is -2.34. The molecule has 116 valence electrons. The van der Waals surface area contributed by atoms with Crippen LogP contribution < -0.4 is 5.32 Å². The van der Waals surface area contributed by atoms with Crippen molar-refractivity contribution in [2.75, 3.05) is 18.4 Å². The molecule has 0 spiro atoms. The number of carbonyl (C=O) groups excluding carboxylic acids is 1. The molecule has 0 radical (unpaired) electrons. The monoisotopic (exact) mass is 300 g/mol. The van der Waals surface area contributed by atoms with E-state index < -0.39 is 6.10 Å². The summed E-state index contributed by atoms with van der Waals surface area (Å²) >= 11 is 0. The van der Waals surface area contributed by atoms with Gasteiger partial charge in [0, 0.05) is 25.0 Å². The van der Waals surface area contributed by atoms with Crippen molar-refractivity contribution >= 4 is 11.7 Å². The second kappa shape index (κ2) is 6.19. The summed E-state index contributed by atoms with van der Waals surface area (Å²) in [5.41, 5.74) is 2.69. The van der Waals surface area contributed by atoms with Crippen LogP contribution in [0.1, 0.15) is 13.3 Å². The van der Waals surface area contributed by atoms with Gasteiger partial charge in [-0.1, -0.05) is 19.1 Å². The molecule has 22 heavy (non-hydrogen) atoms. The van der Waals surface area contributed by atoms with Crippen LogP contribution in [-0.2, 0) is 0 Å². The number of β-amino-alcohol motifs (C(OH)–C–C–N with tert-alkyl or cyclic N) is 1. The van der Waals surface area contributed by atoms with Gasteiger partial charge in [-0.2, -0.15) is 5.10 Å². The van der Waals surface area contributed by atoms with Crippen LogP contribution in [0, 0.1) is 5.92 Å². The molecule has 1 aromatic carbocycles. The van der Waals surface area contributed by atoms with E-state index in [1.165, 1.54) is 0 Å². The fourth-order valence-electron chi connectivity index (χ4n) is 2.59. The van der Waals surface area contributed by atoms with E-state index in [0.717, 1.165) is 23.4 Å². The minimum Gasteiger partial charge on any atom is -0.391 e. The molecule has 0 saturated carbocycles. The van der Waals surface area contributed by atoms with Gasteiger partial charge >= 0.3 is 6.03 Å². The van der Waals surface area contributed by atoms with Gasteiger partial charge in [0.15, 0.2) is 0 Å². The van der Waals surface area contributed by atoms with Crippen molar-refractivity contribution in [2.24, 2.45) is 5.92 Å². The number of carbonyl (C=O) groups is 1. The molecule has 1 saturated heterocycles. The maximum absolute atomic E-state index is 12.2. The van der Waals surface area contributed by atoms with Crippen molar-refractivity contribution in [3.8, 4) is 11.3 Å². The fraction of sp³-hybridized carbons (Fsp3) is 0.375. The number of urea groups is 1. The Bertz CT molecular complexity index is 624. The fourth-order valence-corrected chi connectivity index (χ4v) is 2.59. The molecule has 2 heterocycles. The minimum atomic E-state index is -0.442. The van der Waals surface area contributed by atoms with Gasteiger partial charge in [-0.05, 0) is 36.1 Å². The van der Waals surface area contributed by atoms with Gasteiger partial charge in [0.05, 0.1) is 11.8 Å². The Labute approximate surface area is 129 Å². The van der Waals surface area contributed by atoms with Crippen molar-refractivity contribution in [2.45, 2.75) is 19.4 Å². The first-order chi connectivity index (χ1) is 10.6. The second-order valence-corrected chi connectivity index (χ2v) is 5.76. The largest absolute Gasteiger partial charge is 0.391 e. The molecule has 1 aliphatic rings. The highest BCUT2D eigenvalue weighted by Gasteiger charge is 2.27. The Morgan fingerprint density at radius 3 is 2.77 bits per heavy atom. The zero-order valence-electron chi connectivity index (χ0n) is 12.5. The van der Waals surface area contributed by atoms with Crippen molar-refractivity contribution in [1.82, 2.24) is 15.1 Å². The summed E-state index contributed by atoms with van der Waals surface area (Å²) in [6.45, 7) is 3.07. The Hall–Kier alpha value is -2.34. The average molecular weight is 300 g/mol. The lowest BCUT2D eigenvalue weighted by atomic mass is 9.96. The van der Waals surface area contributed by atoms with Crippen LogP contribution in [0.2, 0.25) is 0 Å². The number of nitrogens with one attached hydrogen (secondary N) is 2. The Kier molecular flexibility index (Phi) is 4.11. The number of nitrogens with zero attached hydrogens (tertiary/aromatic N) is 2. The molecule has 6 heteroatoms. The number of likely N-dealkylation sites (tertiary alicyclic amines) is 1. The van der Waals surface area contributed by atoms with E-state index in [4.69, 9.17) is 0 Å². The summed E-state index contributed by atoms with van der Waals surface area (Å²) in [6, 6.07) is 9.30. The molecule has 6 nitrogen and oxygen atoms in total. The van der Waals surface area contributed by atoms with Crippen LogP contribution in [0.15, 0.2) is 36.5 Å². The Balaban J connectivity index is 1.62. The summed E-state index contributed by atoms with van der Waals surface area (Å²) in [4.78, 5) is 13.9. The number of rotatable bonds is 2. The number of piperidine rings is 1. The molecule has 0 bridgehead atoms.